The van der Waals surface area contributed by atoms with Gasteiger partial charge in [0, 0.05) is 28.8 Å². The van der Waals surface area contributed by atoms with Crippen LogP contribution in [0, 0.1) is 0 Å². The lowest BCUT2D eigenvalue weighted by Gasteiger charge is -2.36. The van der Waals surface area contributed by atoms with Crippen molar-refractivity contribution in [2.75, 3.05) is 20.6 Å². The van der Waals surface area contributed by atoms with Crippen LogP contribution in [0.15, 0.2) is 16.7 Å². The molecule has 1 heterocycles. The van der Waals surface area contributed by atoms with Crippen molar-refractivity contribution < 1.29 is 4.79 Å². The van der Waals surface area contributed by atoms with Crippen LogP contribution in [-0.2, 0) is 0 Å². The summed E-state index contributed by atoms with van der Waals surface area (Å²) in [5, 5.41) is 3.18. The summed E-state index contributed by atoms with van der Waals surface area (Å²) in [7, 11) is 4.25. The predicted molar refractivity (Wildman–Crippen MR) is 87.6 cm³/mol. The fourth-order valence-corrected chi connectivity index (χ4v) is 3.87. The molecule has 0 spiro atoms. The van der Waals surface area contributed by atoms with Crippen LogP contribution in [-0.4, -0.2) is 41.6 Å². The summed E-state index contributed by atoms with van der Waals surface area (Å²) >= 11 is 3.49. The Morgan fingerprint density at radius 1 is 1.43 bits per heavy atom. The molecule has 2 aliphatic rings. The van der Waals surface area contributed by atoms with Gasteiger partial charge >= 0.3 is 0 Å². The van der Waals surface area contributed by atoms with E-state index in [9.17, 15) is 4.79 Å². The Labute approximate surface area is 135 Å². The number of halogens is 1. The second kappa shape index (κ2) is 5.76. The van der Waals surface area contributed by atoms with Gasteiger partial charge in [-0.1, -0.05) is 12.8 Å². The second-order valence-electron chi connectivity index (χ2n) is 6.69. The Hall–Kier alpha value is -0.810. The number of hydrogen-bond acceptors (Lipinski definition) is 2. The molecule has 116 valence electrons. The predicted octanol–water partition coefficient (Wildman–Crippen LogP) is 3.19. The van der Waals surface area contributed by atoms with E-state index in [1.165, 1.54) is 38.5 Å². The van der Waals surface area contributed by atoms with Gasteiger partial charge < -0.3 is 14.8 Å². The van der Waals surface area contributed by atoms with Crippen LogP contribution in [0.4, 0.5) is 0 Å². The van der Waals surface area contributed by atoms with Crippen LogP contribution in [0.25, 0.3) is 0 Å². The number of hydrogen-bond donors (Lipinski definition) is 1. The highest BCUT2D eigenvalue weighted by Crippen LogP contribution is 2.37. The number of amides is 1. The lowest BCUT2D eigenvalue weighted by atomic mass is 9.96. The zero-order valence-corrected chi connectivity index (χ0v) is 14.4. The number of nitrogens with one attached hydrogen (secondary N) is 1. The standard InChI is InChI=1S/C16H24BrN3O/c1-19(2)16(7-3-4-8-16)11-18-15(21)14-9-12(17)10-20(14)13-5-6-13/h9-10,13H,3-8,11H2,1-2H3,(H,18,21). The first-order valence-electron chi connectivity index (χ1n) is 7.85. The molecule has 0 aliphatic heterocycles. The molecule has 3 rings (SSSR count). The molecule has 4 nitrogen and oxygen atoms in total. The fourth-order valence-electron chi connectivity index (χ4n) is 3.43. The highest BCUT2D eigenvalue weighted by Gasteiger charge is 2.36. The summed E-state index contributed by atoms with van der Waals surface area (Å²) in [5.74, 6) is 0.0562. The van der Waals surface area contributed by atoms with Crippen LogP contribution in [0.2, 0.25) is 0 Å². The van der Waals surface area contributed by atoms with E-state index < -0.39 is 0 Å². The number of likely N-dealkylation sites (N-methyl/N-ethyl adjacent to an activating group) is 1. The van der Waals surface area contributed by atoms with Gasteiger partial charge in [0.2, 0.25) is 0 Å². The highest BCUT2D eigenvalue weighted by atomic mass is 79.9. The third-order valence-corrected chi connectivity index (χ3v) is 5.48. The van der Waals surface area contributed by atoms with Crippen LogP contribution in [0.5, 0.6) is 0 Å². The van der Waals surface area contributed by atoms with E-state index in [4.69, 9.17) is 0 Å². The van der Waals surface area contributed by atoms with Gasteiger partial charge in [0.15, 0.2) is 0 Å². The van der Waals surface area contributed by atoms with E-state index in [0.717, 1.165) is 16.7 Å². The summed E-state index contributed by atoms with van der Waals surface area (Å²) in [4.78, 5) is 14.8. The molecule has 2 aliphatic carbocycles. The van der Waals surface area contributed by atoms with Gasteiger partial charge in [0.25, 0.3) is 5.91 Å². The number of rotatable bonds is 5. The molecule has 0 radical (unpaired) electrons. The maximum absolute atomic E-state index is 12.6. The second-order valence-corrected chi connectivity index (χ2v) is 7.61. The Kier molecular flexibility index (Phi) is 4.14. The van der Waals surface area contributed by atoms with Gasteiger partial charge in [-0.3, -0.25) is 4.79 Å². The SMILES string of the molecule is CN(C)C1(CNC(=O)c2cc(Br)cn2C2CC2)CCCC1. The quantitative estimate of drug-likeness (QED) is 0.882. The molecule has 2 fully saturated rings. The van der Waals surface area contributed by atoms with E-state index in [-0.39, 0.29) is 11.4 Å². The van der Waals surface area contributed by atoms with Gasteiger partial charge in [-0.05, 0) is 61.8 Å². The largest absolute Gasteiger partial charge is 0.349 e. The van der Waals surface area contributed by atoms with Crippen molar-refractivity contribution in [3.8, 4) is 0 Å². The minimum atomic E-state index is 0.0562. The van der Waals surface area contributed by atoms with Crippen LogP contribution < -0.4 is 5.32 Å². The molecule has 21 heavy (non-hydrogen) atoms. The third-order valence-electron chi connectivity index (χ3n) is 5.05. The molecule has 1 amide bonds. The first-order chi connectivity index (χ1) is 10.0. The van der Waals surface area contributed by atoms with Crippen molar-refractivity contribution in [3.63, 3.8) is 0 Å². The average molecular weight is 354 g/mol. The Bertz CT molecular complexity index is 528. The van der Waals surface area contributed by atoms with Gasteiger partial charge in [0.05, 0.1) is 0 Å². The molecule has 2 saturated carbocycles. The lowest BCUT2D eigenvalue weighted by Crippen LogP contribution is -2.51. The highest BCUT2D eigenvalue weighted by molar-refractivity contribution is 9.10. The molecule has 1 N–H and O–H groups in total. The van der Waals surface area contributed by atoms with Crippen molar-refractivity contribution in [3.05, 3.63) is 22.4 Å². The number of carbonyl (C=O) groups excluding carboxylic acids is 1. The molecule has 0 atom stereocenters. The summed E-state index contributed by atoms with van der Waals surface area (Å²) in [6, 6.07) is 2.45. The summed E-state index contributed by atoms with van der Waals surface area (Å²) < 4.78 is 3.11. The smallest absolute Gasteiger partial charge is 0.268 e. The van der Waals surface area contributed by atoms with Crippen molar-refractivity contribution in [2.24, 2.45) is 0 Å². The Morgan fingerprint density at radius 3 is 2.67 bits per heavy atom. The molecular formula is C16H24BrN3O. The third kappa shape index (κ3) is 3.04. The van der Waals surface area contributed by atoms with E-state index in [2.05, 4.69) is 44.8 Å². The van der Waals surface area contributed by atoms with Gasteiger partial charge in [0.1, 0.15) is 5.69 Å². The van der Waals surface area contributed by atoms with Gasteiger partial charge in [-0.25, -0.2) is 0 Å². The van der Waals surface area contributed by atoms with Crippen molar-refractivity contribution in [1.82, 2.24) is 14.8 Å². The van der Waals surface area contributed by atoms with Gasteiger partial charge in [-0.2, -0.15) is 0 Å². The normalized spacial score (nSPS) is 21.0. The maximum Gasteiger partial charge on any atom is 0.268 e. The number of carbonyl (C=O) groups is 1. The van der Waals surface area contributed by atoms with Crippen molar-refractivity contribution in [1.29, 1.82) is 0 Å². The maximum atomic E-state index is 12.6. The van der Waals surface area contributed by atoms with E-state index in [1.807, 2.05) is 12.3 Å². The zero-order chi connectivity index (χ0) is 15.0. The van der Waals surface area contributed by atoms with Crippen molar-refractivity contribution in [2.45, 2.75) is 50.1 Å². The minimum absolute atomic E-state index is 0.0562. The van der Waals surface area contributed by atoms with Crippen LogP contribution in [0.1, 0.15) is 55.1 Å². The summed E-state index contributed by atoms with van der Waals surface area (Å²) in [6.45, 7) is 0.742. The Morgan fingerprint density at radius 2 is 2.10 bits per heavy atom. The van der Waals surface area contributed by atoms with Crippen molar-refractivity contribution >= 4 is 21.8 Å². The van der Waals surface area contributed by atoms with Crippen LogP contribution in [0.3, 0.4) is 0 Å². The first-order valence-corrected chi connectivity index (χ1v) is 8.64. The molecule has 5 heteroatoms. The monoisotopic (exact) mass is 353 g/mol. The molecule has 0 unspecified atom stereocenters. The van der Waals surface area contributed by atoms with E-state index >= 15 is 0 Å². The summed E-state index contributed by atoms with van der Waals surface area (Å²) in [6.07, 6.45) is 9.27. The molecule has 0 bridgehead atoms. The molecule has 1 aromatic rings. The lowest BCUT2D eigenvalue weighted by molar-refractivity contribution is 0.0890. The Balaban J connectivity index is 1.69. The molecule has 0 aromatic carbocycles. The summed E-state index contributed by atoms with van der Waals surface area (Å²) in [5.41, 5.74) is 0.931. The topological polar surface area (TPSA) is 37.3 Å². The molecule has 0 saturated heterocycles. The first kappa shape index (κ1) is 15.1. The molecule has 1 aromatic heterocycles. The number of nitrogens with zero attached hydrogens (tertiary/aromatic N) is 2. The number of aromatic nitrogens is 1. The fraction of sp³-hybridized carbons (Fsp3) is 0.688. The zero-order valence-electron chi connectivity index (χ0n) is 12.9. The van der Waals surface area contributed by atoms with Crippen LogP contribution >= 0.6 is 15.9 Å². The minimum Gasteiger partial charge on any atom is -0.349 e. The molecular weight excluding hydrogens is 330 g/mol. The average Bonchev–Trinajstić information content (AvgIpc) is 3.04. The van der Waals surface area contributed by atoms with E-state index in [0.29, 0.717) is 6.04 Å². The van der Waals surface area contributed by atoms with E-state index in [1.54, 1.807) is 0 Å². The van der Waals surface area contributed by atoms with Gasteiger partial charge in [-0.15, -0.1) is 0 Å².